The van der Waals surface area contributed by atoms with Gasteiger partial charge >= 0.3 is 5.97 Å². The molecule has 1 aliphatic heterocycles. The lowest BCUT2D eigenvalue weighted by Crippen LogP contribution is -2.36. The van der Waals surface area contributed by atoms with Crippen LogP contribution < -0.4 is 14.8 Å². The molecule has 0 aliphatic carbocycles. The molecule has 11 heteroatoms. The first-order valence-corrected chi connectivity index (χ1v) is 11.6. The monoisotopic (exact) mass is 488 g/mol. The van der Waals surface area contributed by atoms with Crippen molar-refractivity contribution in [2.75, 3.05) is 31.8 Å². The second kappa shape index (κ2) is 10.9. The minimum Gasteiger partial charge on any atom is -0.493 e. The number of anilines is 1. The van der Waals surface area contributed by atoms with Crippen molar-refractivity contribution in [2.45, 2.75) is 4.90 Å². The zero-order valence-electron chi connectivity index (χ0n) is 17.7. The van der Waals surface area contributed by atoms with Gasteiger partial charge in [0, 0.05) is 10.6 Å². The summed E-state index contributed by atoms with van der Waals surface area (Å²) in [5, 5.41) is 10.9. The SMILES string of the molecule is COc1cc(/C=C2/SC(=O)N(CC(=O)Nc3cccc(SC)c3)C2=O)ccc1OCC(=O)O. The van der Waals surface area contributed by atoms with E-state index in [1.807, 2.05) is 12.3 Å². The number of hydrogen-bond acceptors (Lipinski definition) is 8. The maximum atomic E-state index is 12.7. The van der Waals surface area contributed by atoms with Crippen LogP contribution in [0.3, 0.4) is 0 Å². The third-order valence-electron chi connectivity index (χ3n) is 4.37. The molecule has 0 aromatic heterocycles. The molecule has 0 radical (unpaired) electrons. The van der Waals surface area contributed by atoms with Crippen LogP contribution in [0.15, 0.2) is 52.3 Å². The second-order valence-corrected chi connectivity index (χ2v) is 8.51. The maximum absolute atomic E-state index is 12.7. The molecule has 1 aliphatic rings. The van der Waals surface area contributed by atoms with Gasteiger partial charge in [0.2, 0.25) is 5.91 Å². The van der Waals surface area contributed by atoms with E-state index in [9.17, 15) is 19.2 Å². The summed E-state index contributed by atoms with van der Waals surface area (Å²) in [6, 6.07) is 11.9. The normalized spacial score (nSPS) is 14.5. The summed E-state index contributed by atoms with van der Waals surface area (Å²) in [6.45, 7) is -0.935. The number of ether oxygens (including phenoxy) is 2. The second-order valence-electron chi connectivity index (χ2n) is 6.64. The van der Waals surface area contributed by atoms with Crippen LogP contribution >= 0.6 is 23.5 Å². The van der Waals surface area contributed by atoms with Crippen LogP contribution in [0.1, 0.15) is 5.56 Å². The predicted molar refractivity (Wildman–Crippen MR) is 126 cm³/mol. The number of methoxy groups -OCH3 is 1. The summed E-state index contributed by atoms with van der Waals surface area (Å²) in [4.78, 5) is 50.1. The van der Waals surface area contributed by atoms with Crippen LogP contribution in [0.5, 0.6) is 11.5 Å². The van der Waals surface area contributed by atoms with Gasteiger partial charge in [-0.15, -0.1) is 11.8 Å². The molecule has 0 spiro atoms. The number of amides is 3. The third kappa shape index (κ3) is 6.30. The molecular formula is C22H20N2O7S2. The number of carbonyl (C=O) groups is 4. The highest BCUT2D eigenvalue weighted by Gasteiger charge is 2.36. The molecule has 1 heterocycles. The summed E-state index contributed by atoms with van der Waals surface area (Å²) in [6.07, 6.45) is 3.41. The number of thioether (sulfide) groups is 2. The molecular weight excluding hydrogens is 468 g/mol. The van der Waals surface area contributed by atoms with Crippen LogP contribution in [0, 0.1) is 0 Å². The summed E-state index contributed by atoms with van der Waals surface area (Å²) in [5.41, 5.74) is 1.12. The van der Waals surface area contributed by atoms with E-state index in [0.717, 1.165) is 21.6 Å². The summed E-state index contributed by atoms with van der Waals surface area (Å²) in [7, 11) is 1.40. The third-order valence-corrected chi connectivity index (χ3v) is 6.00. The molecule has 1 saturated heterocycles. The summed E-state index contributed by atoms with van der Waals surface area (Å²) < 4.78 is 10.4. The number of nitrogens with one attached hydrogen (secondary N) is 1. The molecule has 2 aromatic carbocycles. The average Bonchev–Trinajstić information content (AvgIpc) is 3.05. The molecule has 1 fully saturated rings. The number of carboxylic acids is 1. The first-order chi connectivity index (χ1) is 15.8. The van der Waals surface area contributed by atoms with Gasteiger partial charge in [-0.05, 0) is 60.0 Å². The van der Waals surface area contributed by atoms with Crippen molar-refractivity contribution in [2.24, 2.45) is 0 Å². The van der Waals surface area contributed by atoms with Gasteiger partial charge in [0.05, 0.1) is 12.0 Å². The number of rotatable bonds is 9. The molecule has 2 aromatic rings. The van der Waals surface area contributed by atoms with E-state index in [1.165, 1.54) is 31.0 Å². The Labute approximate surface area is 198 Å². The van der Waals surface area contributed by atoms with Gasteiger partial charge in [0.1, 0.15) is 6.54 Å². The average molecular weight is 489 g/mol. The van der Waals surface area contributed by atoms with Crippen molar-refractivity contribution in [3.63, 3.8) is 0 Å². The zero-order chi connectivity index (χ0) is 24.0. The van der Waals surface area contributed by atoms with Crippen LogP contribution in [-0.4, -0.2) is 59.5 Å². The largest absolute Gasteiger partial charge is 0.493 e. The number of carbonyl (C=O) groups excluding carboxylic acids is 3. The highest BCUT2D eigenvalue weighted by molar-refractivity contribution is 8.18. The van der Waals surface area contributed by atoms with E-state index in [4.69, 9.17) is 14.6 Å². The molecule has 3 amide bonds. The fourth-order valence-electron chi connectivity index (χ4n) is 2.87. The minimum absolute atomic E-state index is 0.151. The molecule has 2 N–H and O–H groups in total. The van der Waals surface area contributed by atoms with Crippen LogP contribution in [0.2, 0.25) is 0 Å². The van der Waals surface area contributed by atoms with E-state index >= 15 is 0 Å². The smallest absolute Gasteiger partial charge is 0.341 e. The lowest BCUT2D eigenvalue weighted by Gasteiger charge is -2.13. The van der Waals surface area contributed by atoms with Crippen LogP contribution in [0.25, 0.3) is 6.08 Å². The number of imide groups is 1. The molecule has 0 unspecified atom stereocenters. The topological polar surface area (TPSA) is 122 Å². The highest BCUT2D eigenvalue weighted by atomic mass is 32.2. The van der Waals surface area contributed by atoms with Crippen molar-refractivity contribution in [3.8, 4) is 11.5 Å². The lowest BCUT2D eigenvalue weighted by molar-refractivity contribution is -0.139. The van der Waals surface area contributed by atoms with Gasteiger partial charge in [0.15, 0.2) is 18.1 Å². The Hall–Kier alpha value is -3.44. The quantitative estimate of drug-likeness (QED) is 0.403. The number of carboxylic acid groups (broad SMARTS) is 1. The highest BCUT2D eigenvalue weighted by Crippen LogP contribution is 2.34. The minimum atomic E-state index is -1.13. The molecule has 33 heavy (non-hydrogen) atoms. The number of nitrogens with zero attached hydrogens (tertiary/aromatic N) is 1. The van der Waals surface area contributed by atoms with Crippen molar-refractivity contribution in [1.29, 1.82) is 0 Å². The number of aliphatic carboxylic acids is 1. The van der Waals surface area contributed by atoms with E-state index in [2.05, 4.69) is 5.32 Å². The summed E-state index contributed by atoms with van der Waals surface area (Å²) >= 11 is 2.26. The van der Waals surface area contributed by atoms with Crippen LogP contribution in [-0.2, 0) is 14.4 Å². The molecule has 9 nitrogen and oxygen atoms in total. The molecule has 0 atom stereocenters. The lowest BCUT2D eigenvalue weighted by atomic mass is 10.2. The Bertz CT molecular complexity index is 1130. The van der Waals surface area contributed by atoms with Crippen LogP contribution in [0.4, 0.5) is 10.5 Å². The maximum Gasteiger partial charge on any atom is 0.341 e. The molecule has 3 rings (SSSR count). The van der Waals surface area contributed by atoms with Gasteiger partial charge in [-0.3, -0.25) is 19.3 Å². The van der Waals surface area contributed by atoms with Gasteiger partial charge in [-0.25, -0.2) is 4.79 Å². The Kier molecular flexibility index (Phi) is 8.01. The van der Waals surface area contributed by atoms with E-state index in [-0.39, 0.29) is 16.4 Å². The van der Waals surface area contributed by atoms with Crippen molar-refractivity contribution >= 4 is 58.3 Å². The fraction of sp³-hybridized carbons (Fsp3) is 0.182. The van der Waals surface area contributed by atoms with Crippen molar-refractivity contribution in [3.05, 3.63) is 52.9 Å². The van der Waals surface area contributed by atoms with Gasteiger partial charge in [0.25, 0.3) is 11.1 Å². The van der Waals surface area contributed by atoms with Crippen molar-refractivity contribution in [1.82, 2.24) is 4.90 Å². The van der Waals surface area contributed by atoms with E-state index in [0.29, 0.717) is 11.3 Å². The molecule has 0 saturated carbocycles. The Morgan fingerprint density at radius 1 is 1.18 bits per heavy atom. The number of benzene rings is 2. The van der Waals surface area contributed by atoms with Gasteiger partial charge in [-0.2, -0.15) is 0 Å². The van der Waals surface area contributed by atoms with Gasteiger partial charge in [-0.1, -0.05) is 12.1 Å². The Balaban J connectivity index is 1.70. The standard InChI is InChI=1S/C22H20N2O7S2/c1-30-17-8-13(6-7-16(17)31-12-20(26)27)9-18-21(28)24(22(29)33-18)11-19(25)23-14-4-3-5-15(10-14)32-2/h3-10H,11-12H2,1-2H3,(H,23,25)(H,26,27)/b18-9+. The molecule has 0 bridgehead atoms. The predicted octanol–water partition coefficient (Wildman–Crippen LogP) is 3.56. The molecule has 172 valence electrons. The van der Waals surface area contributed by atoms with Crippen molar-refractivity contribution < 1.29 is 33.8 Å². The fourth-order valence-corrected chi connectivity index (χ4v) is 4.16. The van der Waals surface area contributed by atoms with E-state index in [1.54, 1.807) is 30.3 Å². The Morgan fingerprint density at radius 2 is 1.97 bits per heavy atom. The van der Waals surface area contributed by atoms with E-state index < -0.39 is 36.2 Å². The summed E-state index contributed by atoms with van der Waals surface area (Å²) in [5.74, 6) is -1.69. The first kappa shape index (κ1) is 24.2. The van der Waals surface area contributed by atoms with Gasteiger partial charge < -0.3 is 19.9 Å². The zero-order valence-corrected chi connectivity index (χ0v) is 19.3. The Morgan fingerprint density at radius 3 is 2.67 bits per heavy atom. The first-order valence-electron chi connectivity index (χ1n) is 9.52. The number of hydrogen-bond donors (Lipinski definition) is 2.